The van der Waals surface area contributed by atoms with Crippen molar-refractivity contribution in [3.8, 4) is 0 Å². The predicted octanol–water partition coefficient (Wildman–Crippen LogP) is 3.32. The molecule has 2 heterocycles. The Balaban J connectivity index is 2.05. The van der Waals surface area contributed by atoms with Crippen LogP contribution in [0.15, 0.2) is 23.3 Å². The standard InChI is InChI=1S/C13H19N3S/c1-9(2)12-6-7-17-13(16-12)15-11-5-4-10(3)14-8-11/h4-5,8-9,12H,6-7H2,1-3H3,(H,15,16). The van der Waals surface area contributed by atoms with E-state index in [-0.39, 0.29) is 0 Å². The summed E-state index contributed by atoms with van der Waals surface area (Å²) in [6, 6.07) is 4.51. The van der Waals surface area contributed by atoms with Gasteiger partial charge < -0.3 is 5.32 Å². The second-order valence-corrected chi connectivity index (χ2v) is 5.78. The zero-order chi connectivity index (χ0) is 12.3. The number of hydrogen-bond acceptors (Lipinski definition) is 4. The van der Waals surface area contributed by atoms with Crippen LogP contribution < -0.4 is 5.32 Å². The van der Waals surface area contributed by atoms with Gasteiger partial charge in [-0.3, -0.25) is 9.98 Å². The number of pyridine rings is 1. The van der Waals surface area contributed by atoms with Gasteiger partial charge in [-0.05, 0) is 31.4 Å². The quantitative estimate of drug-likeness (QED) is 0.873. The third-order valence-corrected chi connectivity index (χ3v) is 3.79. The number of aromatic nitrogens is 1. The molecule has 92 valence electrons. The van der Waals surface area contributed by atoms with Crippen LogP contribution in [0, 0.1) is 12.8 Å². The van der Waals surface area contributed by atoms with E-state index < -0.39 is 0 Å². The fourth-order valence-corrected chi connectivity index (χ4v) is 2.70. The molecule has 0 aromatic carbocycles. The first-order chi connectivity index (χ1) is 8.15. The Morgan fingerprint density at radius 2 is 2.24 bits per heavy atom. The highest BCUT2D eigenvalue weighted by Gasteiger charge is 2.18. The number of aryl methyl sites for hydroxylation is 1. The maximum absolute atomic E-state index is 4.74. The zero-order valence-electron chi connectivity index (χ0n) is 10.6. The number of aliphatic imine (C=N–C) groups is 1. The first kappa shape index (κ1) is 12.4. The van der Waals surface area contributed by atoms with Gasteiger partial charge >= 0.3 is 0 Å². The number of nitrogens with zero attached hydrogens (tertiary/aromatic N) is 2. The smallest absolute Gasteiger partial charge is 0.161 e. The molecule has 4 heteroatoms. The second-order valence-electron chi connectivity index (χ2n) is 4.70. The van der Waals surface area contributed by atoms with Gasteiger partial charge in [-0.25, -0.2) is 0 Å². The number of amidine groups is 1. The highest BCUT2D eigenvalue weighted by molar-refractivity contribution is 8.14. The molecule has 0 fully saturated rings. The molecule has 17 heavy (non-hydrogen) atoms. The van der Waals surface area contributed by atoms with Gasteiger partial charge in [0.15, 0.2) is 5.17 Å². The average Bonchev–Trinajstić information content (AvgIpc) is 2.32. The van der Waals surface area contributed by atoms with Crippen LogP contribution in [0.5, 0.6) is 0 Å². The summed E-state index contributed by atoms with van der Waals surface area (Å²) < 4.78 is 0. The van der Waals surface area contributed by atoms with E-state index in [2.05, 4.69) is 24.1 Å². The summed E-state index contributed by atoms with van der Waals surface area (Å²) in [5.74, 6) is 1.76. The van der Waals surface area contributed by atoms with Crippen LogP contribution in [-0.4, -0.2) is 21.9 Å². The van der Waals surface area contributed by atoms with Gasteiger partial charge in [0, 0.05) is 11.4 Å². The molecule has 0 aliphatic carbocycles. The molecule has 0 amide bonds. The van der Waals surface area contributed by atoms with Crippen molar-refractivity contribution in [2.45, 2.75) is 33.2 Å². The summed E-state index contributed by atoms with van der Waals surface area (Å²) >= 11 is 1.79. The molecule has 1 aromatic rings. The lowest BCUT2D eigenvalue weighted by atomic mass is 10.0. The zero-order valence-corrected chi connectivity index (χ0v) is 11.4. The van der Waals surface area contributed by atoms with E-state index in [1.165, 1.54) is 6.42 Å². The molecule has 0 radical (unpaired) electrons. The lowest BCUT2D eigenvalue weighted by Gasteiger charge is -2.23. The minimum Gasteiger partial charge on any atom is -0.334 e. The van der Waals surface area contributed by atoms with Gasteiger partial charge in [-0.2, -0.15) is 0 Å². The number of rotatable bonds is 2. The summed E-state index contributed by atoms with van der Waals surface area (Å²) in [6.45, 7) is 6.45. The molecule has 1 aromatic heterocycles. The molecular formula is C13H19N3S. The summed E-state index contributed by atoms with van der Waals surface area (Å²) in [5.41, 5.74) is 2.06. The Hall–Kier alpha value is -1.03. The number of anilines is 1. The molecule has 0 bridgehead atoms. The van der Waals surface area contributed by atoms with Crippen molar-refractivity contribution < 1.29 is 0 Å². The van der Waals surface area contributed by atoms with E-state index >= 15 is 0 Å². The minimum atomic E-state index is 0.456. The van der Waals surface area contributed by atoms with Crippen LogP contribution >= 0.6 is 11.8 Å². The molecule has 0 saturated heterocycles. The van der Waals surface area contributed by atoms with Crippen molar-refractivity contribution in [2.75, 3.05) is 11.1 Å². The molecule has 0 spiro atoms. The second kappa shape index (κ2) is 5.54. The summed E-state index contributed by atoms with van der Waals surface area (Å²) in [4.78, 5) is 9.01. The Bertz CT molecular complexity index is 398. The average molecular weight is 249 g/mol. The Morgan fingerprint density at radius 1 is 1.41 bits per heavy atom. The molecule has 1 aliphatic heterocycles. The minimum absolute atomic E-state index is 0.456. The van der Waals surface area contributed by atoms with Crippen molar-refractivity contribution in [2.24, 2.45) is 10.9 Å². The SMILES string of the molecule is Cc1ccc(NC2=NC(C(C)C)CCS2)cn1. The maximum atomic E-state index is 4.74. The topological polar surface area (TPSA) is 37.3 Å². The molecule has 1 aliphatic rings. The van der Waals surface area contributed by atoms with Crippen LogP contribution in [0.2, 0.25) is 0 Å². The monoisotopic (exact) mass is 249 g/mol. The van der Waals surface area contributed by atoms with Crippen LogP contribution in [-0.2, 0) is 0 Å². The van der Waals surface area contributed by atoms with E-state index in [0.717, 1.165) is 22.3 Å². The number of hydrogen-bond donors (Lipinski definition) is 1. The summed E-state index contributed by atoms with van der Waals surface area (Å²) in [5, 5.41) is 4.37. The molecule has 1 N–H and O–H groups in total. The van der Waals surface area contributed by atoms with Crippen molar-refractivity contribution in [3.63, 3.8) is 0 Å². The highest BCUT2D eigenvalue weighted by Crippen LogP contribution is 2.23. The van der Waals surface area contributed by atoms with Gasteiger partial charge in [0.05, 0.1) is 17.9 Å². The van der Waals surface area contributed by atoms with E-state index in [9.17, 15) is 0 Å². The highest BCUT2D eigenvalue weighted by atomic mass is 32.2. The first-order valence-corrected chi connectivity index (χ1v) is 7.04. The van der Waals surface area contributed by atoms with Crippen LogP contribution in [0.3, 0.4) is 0 Å². The molecular weight excluding hydrogens is 230 g/mol. The molecule has 2 rings (SSSR count). The predicted molar refractivity (Wildman–Crippen MR) is 75.7 cm³/mol. The van der Waals surface area contributed by atoms with E-state index in [0.29, 0.717) is 12.0 Å². The molecule has 1 atom stereocenters. The number of thioether (sulfide) groups is 1. The van der Waals surface area contributed by atoms with Crippen LogP contribution in [0.25, 0.3) is 0 Å². The normalized spacial score (nSPS) is 20.2. The van der Waals surface area contributed by atoms with Gasteiger partial charge in [-0.1, -0.05) is 25.6 Å². The van der Waals surface area contributed by atoms with Crippen molar-refractivity contribution >= 4 is 22.6 Å². The van der Waals surface area contributed by atoms with Crippen molar-refractivity contribution in [3.05, 3.63) is 24.0 Å². The largest absolute Gasteiger partial charge is 0.334 e. The van der Waals surface area contributed by atoms with Gasteiger partial charge in [0.1, 0.15) is 0 Å². The maximum Gasteiger partial charge on any atom is 0.161 e. The van der Waals surface area contributed by atoms with Crippen molar-refractivity contribution in [1.29, 1.82) is 0 Å². The van der Waals surface area contributed by atoms with Gasteiger partial charge in [0.2, 0.25) is 0 Å². The van der Waals surface area contributed by atoms with E-state index in [4.69, 9.17) is 4.99 Å². The lowest BCUT2D eigenvalue weighted by Crippen LogP contribution is -2.23. The van der Waals surface area contributed by atoms with Crippen molar-refractivity contribution in [1.82, 2.24) is 4.98 Å². The fraction of sp³-hybridized carbons (Fsp3) is 0.538. The lowest BCUT2D eigenvalue weighted by molar-refractivity contribution is 0.485. The van der Waals surface area contributed by atoms with Gasteiger partial charge in [-0.15, -0.1) is 0 Å². The first-order valence-electron chi connectivity index (χ1n) is 6.05. The van der Waals surface area contributed by atoms with Crippen LogP contribution in [0.4, 0.5) is 5.69 Å². The number of nitrogens with one attached hydrogen (secondary N) is 1. The summed E-state index contributed by atoms with van der Waals surface area (Å²) in [6.07, 6.45) is 3.04. The fourth-order valence-electron chi connectivity index (χ4n) is 1.74. The van der Waals surface area contributed by atoms with E-state index in [1.807, 2.05) is 25.3 Å². The molecule has 0 saturated carbocycles. The van der Waals surface area contributed by atoms with Gasteiger partial charge in [0.25, 0.3) is 0 Å². The Labute approximate surface area is 107 Å². The third kappa shape index (κ3) is 3.46. The molecule has 3 nitrogen and oxygen atoms in total. The Morgan fingerprint density at radius 3 is 2.88 bits per heavy atom. The van der Waals surface area contributed by atoms with Crippen LogP contribution in [0.1, 0.15) is 26.0 Å². The summed E-state index contributed by atoms with van der Waals surface area (Å²) in [7, 11) is 0. The Kier molecular flexibility index (Phi) is 4.05. The van der Waals surface area contributed by atoms with E-state index in [1.54, 1.807) is 11.8 Å². The molecule has 1 unspecified atom stereocenters. The third-order valence-electron chi connectivity index (χ3n) is 2.87.